The van der Waals surface area contributed by atoms with Gasteiger partial charge in [-0.3, -0.25) is 9.59 Å². The Morgan fingerprint density at radius 1 is 0.867 bits per heavy atom. The van der Waals surface area contributed by atoms with Crippen molar-refractivity contribution < 1.29 is 28.6 Å². The molecule has 0 bridgehead atoms. The molecule has 2 aromatic rings. The summed E-state index contributed by atoms with van der Waals surface area (Å²) in [6, 6.07) is 9.59. The lowest BCUT2D eigenvalue weighted by atomic mass is 10.2. The normalized spacial score (nSPS) is 10.1. The van der Waals surface area contributed by atoms with Crippen molar-refractivity contribution in [2.75, 3.05) is 30.5 Å². The number of benzene rings is 2. The van der Waals surface area contributed by atoms with E-state index in [9.17, 15) is 14.4 Å². The lowest BCUT2D eigenvalue weighted by Crippen LogP contribution is -2.25. The number of amides is 2. The van der Waals surface area contributed by atoms with Crippen LogP contribution in [-0.2, 0) is 14.3 Å². The maximum atomic E-state index is 12.7. The molecule has 0 atom stereocenters. The first-order valence-corrected chi connectivity index (χ1v) is 9.76. The van der Waals surface area contributed by atoms with Crippen molar-refractivity contribution in [1.82, 2.24) is 0 Å². The fourth-order valence-electron chi connectivity index (χ4n) is 2.51. The molecule has 0 saturated carbocycles. The summed E-state index contributed by atoms with van der Waals surface area (Å²) < 4.78 is 15.9. The number of rotatable bonds is 8. The molecule has 160 valence electrons. The van der Waals surface area contributed by atoms with E-state index in [0.29, 0.717) is 22.9 Å². The van der Waals surface area contributed by atoms with Crippen LogP contribution in [0.3, 0.4) is 0 Å². The number of nitrogens with one attached hydrogen (secondary N) is 2. The van der Waals surface area contributed by atoms with Gasteiger partial charge in [0.05, 0.1) is 41.8 Å². The van der Waals surface area contributed by atoms with Gasteiger partial charge >= 0.3 is 11.9 Å². The summed E-state index contributed by atoms with van der Waals surface area (Å²) in [5.41, 5.74) is 0.813. The van der Waals surface area contributed by atoms with E-state index >= 15 is 0 Å². The molecular weight excluding hydrogens is 412 g/mol. The second-order valence-corrected chi connectivity index (χ2v) is 6.23. The Morgan fingerprint density at radius 2 is 1.43 bits per heavy atom. The minimum atomic E-state index is -1.02. The van der Waals surface area contributed by atoms with E-state index < -0.39 is 17.8 Å². The van der Waals surface area contributed by atoms with Crippen LogP contribution in [0.25, 0.3) is 0 Å². The Labute approximate surface area is 179 Å². The van der Waals surface area contributed by atoms with E-state index in [0.717, 1.165) is 0 Å². The third kappa shape index (κ3) is 5.87. The topological polar surface area (TPSA) is 103 Å². The van der Waals surface area contributed by atoms with Crippen molar-refractivity contribution in [1.29, 1.82) is 0 Å². The van der Waals surface area contributed by atoms with E-state index in [1.54, 1.807) is 45.0 Å². The number of ether oxygens (including phenoxy) is 3. The molecule has 0 radical (unpaired) electrons. The van der Waals surface area contributed by atoms with Crippen LogP contribution in [0.15, 0.2) is 36.4 Å². The maximum Gasteiger partial charge on any atom is 0.397 e. The molecule has 30 heavy (non-hydrogen) atoms. The summed E-state index contributed by atoms with van der Waals surface area (Å²) in [5, 5.41) is 5.49. The standard InChI is InChI=1S/C21H23ClN2O6/c1-4-28-17-12-16(24-20(26)21(27)30-6-3)18(29-5-2)11-15(17)23-19(25)13-9-7-8-10-14(13)22/h7-12H,4-6H2,1-3H3,(H,23,25)(H,24,26). The zero-order valence-electron chi connectivity index (χ0n) is 16.9. The van der Waals surface area contributed by atoms with Gasteiger partial charge in [0.15, 0.2) is 0 Å². The Morgan fingerprint density at radius 3 is 1.97 bits per heavy atom. The summed E-state index contributed by atoms with van der Waals surface area (Å²) in [6.07, 6.45) is 0. The Kier molecular flexibility index (Phi) is 8.49. The first-order chi connectivity index (χ1) is 14.4. The maximum absolute atomic E-state index is 12.7. The molecule has 0 aliphatic heterocycles. The van der Waals surface area contributed by atoms with E-state index in [4.69, 9.17) is 25.8 Å². The predicted molar refractivity (Wildman–Crippen MR) is 113 cm³/mol. The molecular formula is C21H23ClN2O6. The summed E-state index contributed by atoms with van der Waals surface area (Å²) in [7, 11) is 0. The van der Waals surface area contributed by atoms with Crippen LogP contribution >= 0.6 is 11.6 Å². The summed E-state index contributed by atoms with van der Waals surface area (Å²) >= 11 is 6.10. The molecule has 2 N–H and O–H groups in total. The predicted octanol–water partition coefficient (Wildman–Crippen LogP) is 3.89. The zero-order chi connectivity index (χ0) is 22.1. The van der Waals surface area contributed by atoms with Gasteiger partial charge < -0.3 is 24.8 Å². The van der Waals surface area contributed by atoms with Crippen LogP contribution in [0.4, 0.5) is 11.4 Å². The van der Waals surface area contributed by atoms with Crippen molar-refractivity contribution in [2.45, 2.75) is 20.8 Å². The molecule has 0 aromatic heterocycles. The van der Waals surface area contributed by atoms with Crippen molar-refractivity contribution in [2.24, 2.45) is 0 Å². The van der Waals surface area contributed by atoms with Gasteiger partial charge in [-0.1, -0.05) is 23.7 Å². The zero-order valence-corrected chi connectivity index (χ0v) is 17.7. The Hall–Kier alpha value is -3.26. The van der Waals surface area contributed by atoms with Crippen LogP contribution in [0.2, 0.25) is 5.02 Å². The van der Waals surface area contributed by atoms with Crippen molar-refractivity contribution >= 4 is 40.8 Å². The molecule has 0 saturated heterocycles. The monoisotopic (exact) mass is 434 g/mol. The molecule has 9 heteroatoms. The molecule has 0 aliphatic rings. The van der Waals surface area contributed by atoms with Crippen molar-refractivity contribution in [3.63, 3.8) is 0 Å². The molecule has 0 unspecified atom stereocenters. The fraction of sp³-hybridized carbons (Fsp3) is 0.286. The van der Waals surface area contributed by atoms with Gasteiger partial charge in [0.2, 0.25) is 0 Å². The molecule has 2 aromatic carbocycles. The van der Waals surface area contributed by atoms with Gasteiger partial charge in [-0.2, -0.15) is 0 Å². The number of esters is 1. The van der Waals surface area contributed by atoms with Crippen LogP contribution in [0, 0.1) is 0 Å². The summed E-state index contributed by atoms with van der Waals surface area (Å²) in [4.78, 5) is 36.4. The first-order valence-electron chi connectivity index (χ1n) is 9.38. The van der Waals surface area contributed by atoms with Gasteiger partial charge in [0.25, 0.3) is 5.91 Å². The van der Waals surface area contributed by atoms with E-state index in [2.05, 4.69) is 10.6 Å². The van der Waals surface area contributed by atoms with E-state index in [-0.39, 0.29) is 30.4 Å². The van der Waals surface area contributed by atoms with Crippen LogP contribution in [-0.4, -0.2) is 37.6 Å². The number of hydrogen-bond acceptors (Lipinski definition) is 6. The number of halogens is 1. The highest BCUT2D eigenvalue weighted by Crippen LogP contribution is 2.37. The van der Waals surface area contributed by atoms with Gasteiger partial charge in [0.1, 0.15) is 11.5 Å². The number of carbonyl (C=O) groups excluding carboxylic acids is 3. The number of anilines is 2. The van der Waals surface area contributed by atoms with Gasteiger partial charge in [0, 0.05) is 12.1 Å². The fourth-order valence-corrected chi connectivity index (χ4v) is 2.73. The Balaban J connectivity index is 2.39. The third-order valence-electron chi connectivity index (χ3n) is 3.76. The van der Waals surface area contributed by atoms with E-state index in [1.165, 1.54) is 12.1 Å². The van der Waals surface area contributed by atoms with Crippen LogP contribution in [0.5, 0.6) is 11.5 Å². The van der Waals surface area contributed by atoms with Gasteiger partial charge in [-0.25, -0.2) is 4.79 Å². The highest BCUT2D eigenvalue weighted by molar-refractivity contribution is 6.37. The lowest BCUT2D eigenvalue weighted by molar-refractivity contribution is -0.152. The van der Waals surface area contributed by atoms with Crippen LogP contribution in [0.1, 0.15) is 31.1 Å². The van der Waals surface area contributed by atoms with Gasteiger partial charge in [-0.15, -0.1) is 0 Å². The molecule has 0 fully saturated rings. The molecule has 0 heterocycles. The minimum absolute atomic E-state index is 0.0712. The molecule has 2 amide bonds. The molecule has 2 rings (SSSR count). The molecule has 8 nitrogen and oxygen atoms in total. The smallest absolute Gasteiger partial charge is 0.397 e. The average molecular weight is 435 g/mol. The first kappa shape index (κ1) is 23.0. The van der Waals surface area contributed by atoms with Crippen molar-refractivity contribution in [3.05, 3.63) is 47.0 Å². The SMILES string of the molecule is CCOC(=O)C(=O)Nc1cc(OCC)c(NC(=O)c2ccccc2Cl)cc1OCC. The lowest BCUT2D eigenvalue weighted by Gasteiger charge is -2.17. The van der Waals surface area contributed by atoms with E-state index in [1.807, 2.05) is 0 Å². The Bertz CT molecular complexity index is 932. The number of carbonyl (C=O) groups is 3. The highest BCUT2D eigenvalue weighted by atomic mass is 35.5. The molecule has 0 aliphatic carbocycles. The second-order valence-electron chi connectivity index (χ2n) is 5.82. The van der Waals surface area contributed by atoms with Crippen LogP contribution < -0.4 is 20.1 Å². The average Bonchev–Trinajstić information content (AvgIpc) is 2.71. The van der Waals surface area contributed by atoms with Crippen molar-refractivity contribution in [3.8, 4) is 11.5 Å². The highest BCUT2D eigenvalue weighted by Gasteiger charge is 2.21. The van der Waals surface area contributed by atoms with Gasteiger partial charge in [-0.05, 0) is 32.9 Å². The second kappa shape index (κ2) is 11.1. The quantitative estimate of drug-likeness (QED) is 0.482. The summed E-state index contributed by atoms with van der Waals surface area (Å²) in [6.45, 7) is 5.78. The number of hydrogen-bond donors (Lipinski definition) is 2. The minimum Gasteiger partial charge on any atom is -0.492 e. The molecule has 0 spiro atoms. The third-order valence-corrected chi connectivity index (χ3v) is 4.09. The largest absolute Gasteiger partial charge is 0.492 e. The summed E-state index contributed by atoms with van der Waals surface area (Å²) in [5.74, 6) is -1.89.